The molecule has 1 spiro atoms. The summed E-state index contributed by atoms with van der Waals surface area (Å²) in [6, 6.07) is 67.3. The normalized spacial score (nSPS) is 17.1. The van der Waals surface area contributed by atoms with Crippen LogP contribution in [0.5, 0.6) is 0 Å². The van der Waals surface area contributed by atoms with Crippen LogP contribution in [0.4, 0.5) is 17.1 Å². The number of fused-ring (bicyclic) bond motifs is 14. The molecule has 4 aliphatic carbocycles. The molecule has 8 aromatic carbocycles. The van der Waals surface area contributed by atoms with Gasteiger partial charge in [0.1, 0.15) is 0 Å². The summed E-state index contributed by atoms with van der Waals surface area (Å²) >= 11 is 0. The molecule has 8 aromatic rings. The maximum absolute atomic E-state index is 2.62. The molecule has 0 radical (unpaired) electrons. The topological polar surface area (TPSA) is 3.24 Å². The molecular weight excluding hydrogens is 735 g/mol. The lowest BCUT2D eigenvalue weighted by Gasteiger charge is -2.43. The maximum Gasteiger partial charge on any atom is 0.0726 e. The van der Waals surface area contributed by atoms with Crippen molar-refractivity contribution in [1.29, 1.82) is 0 Å². The van der Waals surface area contributed by atoms with Gasteiger partial charge in [0.05, 0.1) is 11.1 Å². The number of para-hydroxylation sites is 1. The molecule has 4 aliphatic rings. The molecular formula is C60H51N. The van der Waals surface area contributed by atoms with Gasteiger partial charge in [0, 0.05) is 22.4 Å². The van der Waals surface area contributed by atoms with Crippen LogP contribution in [0, 0.1) is 0 Å². The van der Waals surface area contributed by atoms with Gasteiger partial charge in [-0.3, -0.25) is 0 Å². The second-order valence-electron chi connectivity index (χ2n) is 19.9. The van der Waals surface area contributed by atoms with Crippen molar-refractivity contribution < 1.29 is 0 Å². The van der Waals surface area contributed by atoms with Crippen molar-refractivity contribution in [3.05, 3.63) is 220 Å². The molecule has 12 rings (SSSR count). The number of nitrogens with zero attached hydrogens (tertiary/aromatic N) is 1. The van der Waals surface area contributed by atoms with Gasteiger partial charge in [0.2, 0.25) is 0 Å². The zero-order chi connectivity index (χ0) is 41.5. The summed E-state index contributed by atoms with van der Waals surface area (Å²) in [5.41, 5.74) is 24.8. The molecule has 296 valence electrons. The molecule has 0 aromatic heterocycles. The van der Waals surface area contributed by atoms with E-state index in [1.54, 1.807) is 0 Å². The van der Waals surface area contributed by atoms with Gasteiger partial charge >= 0.3 is 0 Å². The first-order valence-electron chi connectivity index (χ1n) is 22.2. The summed E-state index contributed by atoms with van der Waals surface area (Å²) in [4.78, 5) is 2.58. The predicted octanol–water partition coefficient (Wildman–Crippen LogP) is 15.8. The van der Waals surface area contributed by atoms with Gasteiger partial charge in [-0.2, -0.15) is 0 Å². The van der Waals surface area contributed by atoms with E-state index < -0.39 is 5.41 Å². The highest BCUT2D eigenvalue weighted by atomic mass is 15.1. The maximum atomic E-state index is 2.62. The third-order valence-corrected chi connectivity index (χ3v) is 15.3. The smallest absolute Gasteiger partial charge is 0.0726 e. The molecule has 0 saturated heterocycles. The Morgan fingerprint density at radius 2 is 0.820 bits per heavy atom. The number of anilines is 3. The highest BCUT2D eigenvalue weighted by molar-refractivity contribution is 6.01. The standard InChI is InChI=1S/C60H51N/c1-57(2)33-34-58(3,4)56-45(25-18-30-52(56)57)47-36-46-43-24-13-17-29-51(43)60(49-27-15-11-22-41(49)42-23-12-16-28-50(42)60)54(46)37-55(47)61(38-19-8-7-9-20-38)39-31-32-44-40-21-10-14-26-48(40)59(5,6)53(44)35-39/h7-32,35-37H,33-34H2,1-6H3. The van der Waals surface area contributed by atoms with Crippen LogP contribution in [0.1, 0.15) is 98.9 Å². The van der Waals surface area contributed by atoms with Crippen LogP contribution in [0.2, 0.25) is 0 Å². The molecule has 0 amide bonds. The minimum atomic E-state index is -0.465. The first-order valence-corrected chi connectivity index (χ1v) is 22.2. The van der Waals surface area contributed by atoms with Crippen molar-refractivity contribution in [3.8, 4) is 44.5 Å². The van der Waals surface area contributed by atoms with Crippen LogP contribution in [-0.4, -0.2) is 0 Å². The van der Waals surface area contributed by atoms with E-state index in [0.29, 0.717) is 0 Å². The highest BCUT2D eigenvalue weighted by Crippen LogP contribution is 2.65. The first-order chi connectivity index (χ1) is 29.5. The minimum absolute atomic E-state index is 0.00113. The molecule has 0 N–H and O–H groups in total. The van der Waals surface area contributed by atoms with Crippen LogP contribution >= 0.6 is 0 Å². The third kappa shape index (κ3) is 4.84. The summed E-state index contributed by atoms with van der Waals surface area (Å²) in [6.45, 7) is 14.6. The largest absolute Gasteiger partial charge is 0.310 e. The van der Waals surface area contributed by atoms with E-state index in [4.69, 9.17) is 0 Å². The highest BCUT2D eigenvalue weighted by Gasteiger charge is 2.52. The van der Waals surface area contributed by atoms with Crippen LogP contribution < -0.4 is 4.90 Å². The summed E-state index contributed by atoms with van der Waals surface area (Å²) in [6.07, 6.45) is 2.32. The van der Waals surface area contributed by atoms with Crippen molar-refractivity contribution in [2.75, 3.05) is 4.90 Å². The Kier molecular flexibility index (Phi) is 7.49. The fourth-order valence-electron chi connectivity index (χ4n) is 12.3. The first kappa shape index (κ1) is 36.4. The average Bonchev–Trinajstić information content (AvgIpc) is 3.83. The lowest BCUT2D eigenvalue weighted by atomic mass is 9.61. The quantitative estimate of drug-likeness (QED) is 0.172. The van der Waals surface area contributed by atoms with E-state index in [0.717, 1.165) is 12.1 Å². The van der Waals surface area contributed by atoms with E-state index >= 15 is 0 Å². The van der Waals surface area contributed by atoms with Gasteiger partial charge in [-0.05, 0) is 144 Å². The van der Waals surface area contributed by atoms with Gasteiger partial charge < -0.3 is 4.90 Å². The molecule has 0 heterocycles. The van der Waals surface area contributed by atoms with Crippen molar-refractivity contribution in [3.63, 3.8) is 0 Å². The molecule has 0 unspecified atom stereocenters. The van der Waals surface area contributed by atoms with E-state index in [-0.39, 0.29) is 16.2 Å². The zero-order valence-electron chi connectivity index (χ0n) is 36.1. The second-order valence-corrected chi connectivity index (χ2v) is 19.9. The average molecular weight is 786 g/mol. The molecule has 0 atom stereocenters. The van der Waals surface area contributed by atoms with Crippen molar-refractivity contribution in [2.24, 2.45) is 0 Å². The second kappa shape index (κ2) is 12.6. The lowest BCUT2D eigenvalue weighted by Crippen LogP contribution is -2.34. The summed E-state index contributed by atoms with van der Waals surface area (Å²) < 4.78 is 0. The van der Waals surface area contributed by atoms with Gasteiger partial charge in [-0.15, -0.1) is 0 Å². The molecule has 1 nitrogen and oxygen atoms in total. The minimum Gasteiger partial charge on any atom is -0.310 e. The Hall–Kier alpha value is -6.44. The Morgan fingerprint density at radius 1 is 0.328 bits per heavy atom. The van der Waals surface area contributed by atoms with Crippen LogP contribution in [-0.2, 0) is 21.7 Å². The number of benzene rings is 8. The van der Waals surface area contributed by atoms with Gasteiger partial charge in [-0.1, -0.05) is 181 Å². The van der Waals surface area contributed by atoms with Crippen LogP contribution in [0.3, 0.4) is 0 Å². The molecule has 1 heteroatoms. The number of hydrogen-bond acceptors (Lipinski definition) is 1. The fraction of sp³-hybridized carbons (Fsp3) is 0.200. The monoisotopic (exact) mass is 785 g/mol. The number of rotatable bonds is 4. The molecule has 61 heavy (non-hydrogen) atoms. The molecule has 0 fully saturated rings. The van der Waals surface area contributed by atoms with Crippen LogP contribution in [0.15, 0.2) is 176 Å². The molecule has 0 bridgehead atoms. The Morgan fingerprint density at radius 3 is 1.46 bits per heavy atom. The van der Waals surface area contributed by atoms with E-state index in [1.807, 2.05) is 0 Å². The van der Waals surface area contributed by atoms with E-state index in [9.17, 15) is 0 Å². The Bertz CT molecular complexity index is 3080. The summed E-state index contributed by atoms with van der Waals surface area (Å²) in [7, 11) is 0. The third-order valence-electron chi connectivity index (χ3n) is 15.3. The van der Waals surface area contributed by atoms with Gasteiger partial charge in [-0.25, -0.2) is 0 Å². The Balaban J connectivity index is 1.22. The van der Waals surface area contributed by atoms with E-state index in [2.05, 4.69) is 222 Å². The van der Waals surface area contributed by atoms with E-state index in [1.165, 1.54) is 107 Å². The van der Waals surface area contributed by atoms with Crippen molar-refractivity contribution in [2.45, 2.75) is 76.0 Å². The summed E-state index contributed by atoms with van der Waals surface area (Å²) in [5, 5.41) is 0. The fourth-order valence-corrected chi connectivity index (χ4v) is 12.3. The summed E-state index contributed by atoms with van der Waals surface area (Å²) in [5.74, 6) is 0. The van der Waals surface area contributed by atoms with Gasteiger partial charge in [0.25, 0.3) is 0 Å². The predicted molar refractivity (Wildman–Crippen MR) is 256 cm³/mol. The Labute approximate surface area is 361 Å². The number of hydrogen-bond donors (Lipinski definition) is 0. The molecule has 0 saturated carbocycles. The lowest BCUT2D eigenvalue weighted by molar-refractivity contribution is 0.333. The van der Waals surface area contributed by atoms with Crippen molar-refractivity contribution in [1.82, 2.24) is 0 Å². The van der Waals surface area contributed by atoms with Crippen LogP contribution in [0.25, 0.3) is 44.5 Å². The van der Waals surface area contributed by atoms with Crippen molar-refractivity contribution >= 4 is 17.1 Å². The molecule has 0 aliphatic heterocycles. The SMILES string of the molecule is CC1(C)CCC(C)(C)c2c(-c3cc4c(cc3N(c3ccccc3)c3ccc5c(c3)C(C)(C)c3ccccc3-5)C3(c5ccccc5-c5ccccc53)c3ccccc3-4)cccc21. The van der Waals surface area contributed by atoms with Gasteiger partial charge in [0.15, 0.2) is 0 Å². The zero-order valence-corrected chi connectivity index (χ0v) is 36.1.